The SMILES string of the molecule is C=C(C)C(=O)O.OC(=S)S. The van der Waals surface area contributed by atoms with E-state index in [1.54, 1.807) is 0 Å². The molecule has 0 saturated carbocycles. The lowest BCUT2D eigenvalue weighted by atomic mass is 10.4. The molecular formula is C5H8O3S2. The van der Waals surface area contributed by atoms with Crippen LogP contribution in [0.5, 0.6) is 0 Å². The first-order valence-electron chi connectivity index (χ1n) is 2.18. The Balaban J connectivity index is 0. The van der Waals surface area contributed by atoms with Gasteiger partial charge in [0.15, 0.2) is 0 Å². The normalized spacial score (nSPS) is 7.00. The summed E-state index contributed by atoms with van der Waals surface area (Å²) in [5.41, 5.74) is 0.176. The number of aliphatic carboxylic acids is 1. The molecule has 58 valence electrons. The highest BCUT2D eigenvalue weighted by molar-refractivity contribution is 8.10. The lowest BCUT2D eigenvalue weighted by Crippen LogP contribution is -1.92. The van der Waals surface area contributed by atoms with Crippen LogP contribution in [0.2, 0.25) is 0 Å². The van der Waals surface area contributed by atoms with Crippen molar-refractivity contribution in [2.24, 2.45) is 0 Å². The van der Waals surface area contributed by atoms with Crippen LogP contribution in [-0.4, -0.2) is 20.6 Å². The third-order valence-electron chi connectivity index (χ3n) is 0.365. The first-order valence-corrected chi connectivity index (χ1v) is 3.04. The van der Waals surface area contributed by atoms with E-state index < -0.39 is 5.97 Å². The molecule has 5 heteroatoms. The lowest BCUT2D eigenvalue weighted by molar-refractivity contribution is -0.132. The quantitative estimate of drug-likeness (QED) is 0.324. The fourth-order valence-corrected chi connectivity index (χ4v) is 0. The number of carboxylic acids is 1. The second kappa shape index (κ2) is 6.57. The molecule has 0 aromatic rings. The summed E-state index contributed by atoms with van der Waals surface area (Å²) < 4.78 is -0.306. The number of thiol groups is 1. The fraction of sp³-hybridized carbons (Fsp3) is 0.200. The van der Waals surface area contributed by atoms with E-state index in [0.29, 0.717) is 0 Å². The second-order valence-electron chi connectivity index (χ2n) is 1.37. The zero-order valence-electron chi connectivity index (χ0n) is 5.37. The molecule has 0 aromatic heterocycles. The number of carboxylic acid groups (broad SMARTS) is 1. The van der Waals surface area contributed by atoms with Crippen LogP contribution in [0.1, 0.15) is 6.92 Å². The average Bonchev–Trinajstić information content (AvgIpc) is 1.63. The van der Waals surface area contributed by atoms with Gasteiger partial charge < -0.3 is 10.2 Å². The molecule has 10 heavy (non-hydrogen) atoms. The molecule has 2 N–H and O–H groups in total. The molecule has 3 nitrogen and oxygen atoms in total. The van der Waals surface area contributed by atoms with E-state index in [-0.39, 0.29) is 9.96 Å². The van der Waals surface area contributed by atoms with Crippen molar-refractivity contribution >= 4 is 35.2 Å². The minimum atomic E-state index is -0.935. The molecule has 0 bridgehead atoms. The van der Waals surface area contributed by atoms with Gasteiger partial charge in [-0.1, -0.05) is 19.2 Å². The predicted molar refractivity (Wildman–Crippen MR) is 46.7 cm³/mol. The molecular weight excluding hydrogens is 172 g/mol. The molecule has 0 atom stereocenters. The minimum Gasteiger partial charge on any atom is -0.494 e. The van der Waals surface area contributed by atoms with Crippen LogP contribution >= 0.6 is 24.8 Å². The van der Waals surface area contributed by atoms with Gasteiger partial charge in [0.25, 0.3) is 0 Å². The van der Waals surface area contributed by atoms with Gasteiger partial charge in [-0.2, -0.15) is 0 Å². The summed E-state index contributed by atoms with van der Waals surface area (Å²) in [6.45, 7) is 4.60. The van der Waals surface area contributed by atoms with Gasteiger partial charge in [0, 0.05) is 5.57 Å². The van der Waals surface area contributed by atoms with Gasteiger partial charge in [0.05, 0.1) is 0 Å². The van der Waals surface area contributed by atoms with E-state index in [1.807, 2.05) is 0 Å². The maximum atomic E-state index is 9.60. The van der Waals surface area contributed by atoms with Gasteiger partial charge in [0.1, 0.15) is 0 Å². The minimum absolute atomic E-state index is 0.176. The summed E-state index contributed by atoms with van der Waals surface area (Å²) in [4.78, 5) is 9.60. The summed E-state index contributed by atoms with van der Waals surface area (Å²) in [5, 5.41) is 15.5. The fourth-order valence-electron chi connectivity index (χ4n) is 0. The zero-order valence-corrected chi connectivity index (χ0v) is 7.08. The van der Waals surface area contributed by atoms with Crippen LogP contribution in [0.3, 0.4) is 0 Å². The number of aliphatic hydroxyl groups is 1. The topological polar surface area (TPSA) is 57.5 Å². The van der Waals surface area contributed by atoms with Crippen molar-refractivity contribution in [3.05, 3.63) is 12.2 Å². The highest BCUT2D eigenvalue weighted by atomic mass is 32.1. The number of carbonyl (C=O) groups is 1. The maximum Gasteiger partial charge on any atom is 0.330 e. The Bertz CT molecular complexity index is 137. The molecule has 0 aliphatic rings. The number of aliphatic hydroxyl groups excluding tert-OH is 1. The Labute approximate surface area is 69.8 Å². The predicted octanol–water partition coefficient (Wildman–Crippen LogP) is 1.41. The van der Waals surface area contributed by atoms with E-state index in [0.717, 1.165) is 0 Å². The Hall–Kier alpha value is -0.550. The van der Waals surface area contributed by atoms with Gasteiger partial charge in [-0.05, 0) is 19.1 Å². The number of hydrogen-bond donors (Lipinski definition) is 3. The van der Waals surface area contributed by atoms with E-state index in [4.69, 9.17) is 10.2 Å². The maximum absolute atomic E-state index is 9.60. The van der Waals surface area contributed by atoms with E-state index in [9.17, 15) is 4.79 Å². The van der Waals surface area contributed by atoms with Crippen molar-refractivity contribution < 1.29 is 15.0 Å². The third kappa shape index (κ3) is 26.0. The van der Waals surface area contributed by atoms with Crippen molar-refractivity contribution in [1.29, 1.82) is 0 Å². The van der Waals surface area contributed by atoms with E-state index in [2.05, 4.69) is 31.4 Å². The molecule has 0 fully saturated rings. The first-order chi connectivity index (χ1) is 4.37. The molecule has 0 saturated heterocycles. The summed E-state index contributed by atoms with van der Waals surface area (Å²) in [6.07, 6.45) is 0. The Morgan fingerprint density at radius 3 is 1.70 bits per heavy atom. The van der Waals surface area contributed by atoms with Crippen LogP contribution in [0, 0.1) is 0 Å². The highest BCUT2D eigenvalue weighted by Crippen LogP contribution is 1.81. The molecule has 0 aliphatic heterocycles. The Morgan fingerprint density at radius 2 is 1.70 bits per heavy atom. The number of thiocarbonyl (C=S) groups is 1. The van der Waals surface area contributed by atoms with Gasteiger partial charge in [-0.25, -0.2) is 4.79 Å². The highest BCUT2D eigenvalue weighted by Gasteiger charge is 1.90. The largest absolute Gasteiger partial charge is 0.494 e. The van der Waals surface area contributed by atoms with Gasteiger partial charge >= 0.3 is 5.97 Å². The molecule has 0 rings (SSSR count). The molecule has 0 spiro atoms. The zero-order chi connectivity index (χ0) is 8.73. The van der Waals surface area contributed by atoms with E-state index >= 15 is 0 Å². The molecule has 0 aliphatic carbocycles. The van der Waals surface area contributed by atoms with Gasteiger partial charge in [0.2, 0.25) is 4.38 Å². The first kappa shape index (κ1) is 12.2. The standard InChI is InChI=1S/C4H6O2.CH2OS2/c1-3(2)4(5)6;2-1(3)4/h1H2,2H3,(H,5,6);(H2,2,3,4). The Morgan fingerprint density at radius 1 is 1.60 bits per heavy atom. The molecule has 0 heterocycles. The number of hydrogen-bond acceptors (Lipinski definition) is 2. The van der Waals surface area contributed by atoms with Crippen LogP contribution in [-0.2, 0) is 4.79 Å². The number of rotatable bonds is 1. The Kier molecular flexibility index (Phi) is 7.99. The summed E-state index contributed by atoms with van der Waals surface area (Å²) >= 11 is 7.21. The van der Waals surface area contributed by atoms with Crippen molar-refractivity contribution in [3.8, 4) is 0 Å². The molecule has 0 amide bonds. The monoisotopic (exact) mass is 180 g/mol. The van der Waals surface area contributed by atoms with Crippen molar-refractivity contribution in [1.82, 2.24) is 0 Å². The van der Waals surface area contributed by atoms with Crippen LogP contribution in [0.15, 0.2) is 12.2 Å². The van der Waals surface area contributed by atoms with E-state index in [1.165, 1.54) is 6.92 Å². The summed E-state index contributed by atoms with van der Waals surface area (Å²) in [7, 11) is 0. The van der Waals surface area contributed by atoms with Crippen molar-refractivity contribution in [3.63, 3.8) is 0 Å². The smallest absolute Gasteiger partial charge is 0.330 e. The molecule has 0 unspecified atom stereocenters. The average molecular weight is 180 g/mol. The second-order valence-corrected chi connectivity index (χ2v) is 2.48. The molecule has 0 aromatic carbocycles. The van der Waals surface area contributed by atoms with Crippen molar-refractivity contribution in [2.75, 3.05) is 0 Å². The summed E-state index contributed by atoms with van der Waals surface area (Å²) in [6, 6.07) is 0. The molecule has 0 radical (unpaired) electrons. The van der Waals surface area contributed by atoms with Crippen LogP contribution in [0.4, 0.5) is 0 Å². The van der Waals surface area contributed by atoms with Crippen LogP contribution in [0.25, 0.3) is 0 Å². The lowest BCUT2D eigenvalue weighted by Gasteiger charge is -1.79. The third-order valence-corrected chi connectivity index (χ3v) is 0.365. The van der Waals surface area contributed by atoms with Crippen molar-refractivity contribution in [2.45, 2.75) is 6.92 Å². The summed E-state index contributed by atoms with van der Waals surface area (Å²) in [5.74, 6) is -0.935. The van der Waals surface area contributed by atoms with Gasteiger partial charge in [-0.3, -0.25) is 0 Å². The van der Waals surface area contributed by atoms with Crippen LogP contribution < -0.4 is 0 Å². The van der Waals surface area contributed by atoms with Gasteiger partial charge in [-0.15, -0.1) is 0 Å².